The van der Waals surface area contributed by atoms with E-state index in [-0.39, 0.29) is 6.04 Å². The Morgan fingerprint density at radius 1 is 1.56 bits per heavy atom. The molecule has 0 bridgehead atoms. The van der Waals surface area contributed by atoms with Crippen LogP contribution in [0, 0.1) is 0 Å². The Bertz CT molecular complexity index is 510. The molecule has 86 valence electrons. The zero-order chi connectivity index (χ0) is 11.5. The lowest BCUT2D eigenvalue weighted by Gasteiger charge is -2.13. The van der Waals surface area contributed by atoms with Crippen molar-refractivity contribution in [1.82, 2.24) is 14.6 Å². The molecular weight excluding hydrogens is 224 g/mol. The van der Waals surface area contributed by atoms with Crippen molar-refractivity contribution in [2.24, 2.45) is 0 Å². The summed E-state index contributed by atoms with van der Waals surface area (Å²) in [6, 6.07) is 2.02. The van der Waals surface area contributed by atoms with Gasteiger partial charge in [0.05, 0.1) is 6.20 Å². The quantitative estimate of drug-likeness (QED) is 0.860. The molecule has 2 unspecified atom stereocenters. The Morgan fingerprint density at radius 2 is 2.38 bits per heavy atom. The molecule has 2 aromatic rings. The summed E-state index contributed by atoms with van der Waals surface area (Å²) in [6.45, 7) is 1.99. The van der Waals surface area contributed by atoms with Gasteiger partial charge in [-0.2, -0.15) is 5.10 Å². The van der Waals surface area contributed by atoms with Crippen LogP contribution in [0.4, 0.5) is 5.82 Å². The van der Waals surface area contributed by atoms with Crippen LogP contribution in [0.25, 0.3) is 5.52 Å². The van der Waals surface area contributed by atoms with Crippen molar-refractivity contribution in [2.75, 3.05) is 17.3 Å². The van der Waals surface area contributed by atoms with Gasteiger partial charge in [-0.15, -0.1) is 0 Å². The Morgan fingerprint density at radius 3 is 3.12 bits per heavy atom. The first-order valence-electron chi connectivity index (χ1n) is 5.02. The number of anilines is 1. The Kier molecular flexibility index (Phi) is 3.19. The molecule has 0 radical (unpaired) electrons. The average molecular weight is 238 g/mol. The normalized spacial score (nSPS) is 14.9. The van der Waals surface area contributed by atoms with E-state index < -0.39 is 10.8 Å². The number of nitrogens with one attached hydrogen (secondary N) is 1. The summed E-state index contributed by atoms with van der Waals surface area (Å²) in [7, 11) is -0.806. The standard InChI is InChI=1S/C10H14N4OS/c1-8(7-16(2)15)13-10-9-3-4-12-14(9)6-5-11-10/h3-6,8H,7H2,1-2H3,(H,11,13). The van der Waals surface area contributed by atoms with Crippen molar-refractivity contribution >= 4 is 22.1 Å². The molecule has 5 nitrogen and oxygen atoms in total. The van der Waals surface area contributed by atoms with Crippen LogP contribution in [0.3, 0.4) is 0 Å². The molecule has 16 heavy (non-hydrogen) atoms. The van der Waals surface area contributed by atoms with Gasteiger partial charge in [0.2, 0.25) is 0 Å². The van der Waals surface area contributed by atoms with Gasteiger partial charge in [0.25, 0.3) is 0 Å². The molecule has 0 saturated heterocycles. The Labute approximate surface area is 96.3 Å². The lowest BCUT2D eigenvalue weighted by atomic mass is 10.3. The highest BCUT2D eigenvalue weighted by atomic mass is 32.2. The fraction of sp³-hybridized carbons (Fsp3) is 0.400. The van der Waals surface area contributed by atoms with Gasteiger partial charge in [-0.1, -0.05) is 0 Å². The van der Waals surface area contributed by atoms with E-state index in [1.807, 2.05) is 13.0 Å². The van der Waals surface area contributed by atoms with E-state index in [0.717, 1.165) is 11.3 Å². The van der Waals surface area contributed by atoms with Gasteiger partial charge in [0.1, 0.15) is 5.52 Å². The van der Waals surface area contributed by atoms with Crippen LogP contribution in [0.15, 0.2) is 24.7 Å². The van der Waals surface area contributed by atoms with E-state index in [1.165, 1.54) is 0 Å². The molecule has 2 rings (SSSR count). The highest BCUT2D eigenvalue weighted by molar-refractivity contribution is 7.84. The number of hydrogen-bond acceptors (Lipinski definition) is 4. The van der Waals surface area contributed by atoms with Crippen LogP contribution in [-0.2, 0) is 10.8 Å². The number of aromatic nitrogens is 3. The van der Waals surface area contributed by atoms with Crippen molar-refractivity contribution in [3.05, 3.63) is 24.7 Å². The third-order valence-corrected chi connectivity index (χ3v) is 3.16. The monoisotopic (exact) mass is 238 g/mol. The van der Waals surface area contributed by atoms with Crippen LogP contribution in [-0.4, -0.2) is 36.9 Å². The first-order valence-corrected chi connectivity index (χ1v) is 6.74. The third-order valence-electron chi connectivity index (χ3n) is 2.19. The largest absolute Gasteiger partial charge is 0.365 e. The predicted molar refractivity (Wildman–Crippen MR) is 65.0 cm³/mol. The molecule has 0 spiro atoms. The van der Waals surface area contributed by atoms with Crippen LogP contribution >= 0.6 is 0 Å². The van der Waals surface area contributed by atoms with Crippen LogP contribution < -0.4 is 5.32 Å². The van der Waals surface area contributed by atoms with Gasteiger partial charge in [0.15, 0.2) is 5.82 Å². The fourth-order valence-corrected chi connectivity index (χ4v) is 2.38. The van der Waals surface area contributed by atoms with Gasteiger partial charge >= 0.3 is 0 Å². The molecule has 0 fully saturated rings. The zero-order valence-corrected chi connectivity index (χ0v) is 10.1. The second kappa shape index (κ2) is 4.61. The van der Waals surface area contributed by atoms with E-state index in [4.69, 9.17) is 0 Å². The van der Waals surface area contributed by atoms with E-state index in [1.54, 1.807) is 29.4 Å². The molecule has 2 atom stereocenters. The van der Waals surface area contributed by atoms with E-state index >= 15 is 0 Å². The Hall–Kier alpha value is -1.43. The van der Waals surface area contributed by atoms with E-state index in [2.05, 4.69) is 15.4 Å². The number of nitrogens with zero attached hydrogens (tertiary/aromatic N) is 3. The highest BCUT2D eigenvalue weighted by Gasteiger charge is 2.08. The molecule has 0 amide bonds. The molecule has 2 heterocycles. The fourth-order valence-electron chi connectivity index (χ4n) is 1.60. The van der Waals surface area contributed by atoms with Gasteiger partial charge < -0.3 is 5.32 Å². The maximum atomic E-state index is 11.1. The molecular formula is C10H14N4OS. The molecule has 0 aliphatic carbocycles. The summed E-state index contributed by atoms with van der Waals surface area (Å²) in [5.41, 5.74) is 0.927. The van der Waals surface area contributed by atoms with Crippen LogP contribution in [0.1, 0.15) is 6.92 Å². The predicted octanol–water partition coefficient (Wildman–Crippen LogP) is 0.908. The molecule has 0 saturated carbocycles. The van der Waals surface area contributed by atoms with Gasteiger partial charge in [0, 0.05) is 41.2 Å². The maximum absolute atomic E-state index is 11.1. The van der Waals surface area contributed by atoms with Gasteiger partial charge in [-0.3, -0.25) is 4.21 Å². The minimum Gasteiger partial charge on any atom is -0.365 e. The van der Waals surface area contributed by atoms with Crippen molar-refractivity contribution in [1.29, 1.82) is 0 Å². The number of hydrogen-bond donors (Lipinski definition) is 1. The molecule has 0 aliphatic heterocycles. The van der Waals surface area contributed by atoms with E-state index in [0.29, 0.717) is 5.75 Å². The number of rotatable bonds is 4. The van der Waals surface area contributed by atoms with Gasteiger partial charge in [-0.25, -0.2) is 9.50 Å². The Balaban J connectivity index is 2.20. The first kappa shape index (κ1) is 11.1. The SMILES string of the molecule is CC(CS(C)=O)Nc1nccn2nccc12. The number of fused-ring (bicyclic) bond motifs is 1. The minimum atomic E-state index is -0.806. The lowest BCUT2D eigenvalue weighted by Crippen LogP contribution is -2.23. The molecule has 6 heteroatoms. The molecule has 2 aromatic heterocycles. The highest BCUT2D eigenvalue weighted by Crippen LogP contribution is 2.13. The lowest BCUT2D eigenvalue weighted by molar-refractivity contribution is 0.683. The topological polar surface area (TPSA) is 59.3 Å². The van der Waals surface area contributed by atoms with E-state index in [9.17, 15) is 4.21 Å². The van der Waals surface area contributed by atoms with Gasteiger partial charge in [-0.05, 0) is 13.0 Å². The third kappa shape index (κ3) is 2.38. The van der Waals surface area contributed by atoms with Crippen molar-refractivity contribution < 1.29 is 4.21 Å². The summed E-state index contributed by atoms with van der Waals surface area (Å²) in [5.74, 6) is 1.38. The second-order valence-corrected chi connectivity index (χ2v) is 5.20. The van der Waals surface area contributed by atoms with Crippen molar-refractivity contribution in [3.8, 4) is 0 Å². The van der Waals surface area contributed by atoms with Crippen LogP contribution in [0.5, 0.6) is 0 Å². The summed E-state index contributed by atoms with van der Waals surface area (Å²) in [6.07, 6.45) is 6.91. The second-order valence-electron chi connectivity index (χ2n) is 3.72. The summed E-state index contributed by atoms with van der Waals surface area (Å²) >= 11 is 0. The minimum absolute atomic E-state index is 0.124. The van der Waals surface area contributed by atoms with Crippen molar-refractivity contribution in [2.45, 2.75) is 13.0 Å². The maximum Gasteiger partial charge on any atom is 0.152 e. The average Bonchev–Trinajstić information content (AvgIpc) is 2.65. The molecule has 0 aromatic carbocycles. The molecule has 0 aliphatic rings. The summed E-state index contributed by atoms with van der Waals surface area (Å²) in [4.78, 5) is 4.26. The first-order chi connectivity index (χ1) is 7.66. The van der Waals surface area contributed by atoms with Crippen molar-refractivity contribution in [3.63, 3.8) is 0 Å². The smallest absolute Gasteiger partial charge is 0.152 e. The summed E-state index contributed by atoms with van der Waals surface area (Å²) < 4.78 is 12.8. The zero-order valence-electron chi connectivity index (χ0n) is 9.25. The van der Waals surface area contributed by atoms with Crippen LogP contribution in [0.2, 0.25) is 0 Å². The summed E-state index contributed by atoms with van der Waals surface area (Å²) in [5, 5.41) is 7.36. The molecule has 1 N–H and O–H groups in total.